The Hall–Kier alpha value is -3.32. The van der Waals surface area contributed by atoms with Gasteiger partial charge in [-0.05, 0) is 30.7 Å². The molecule has 0 saturated heterocycles. The minimum Gasteiger partial charge on any atom is -0.467 e. The van der Waals surface area contributed by atoms with Crippen molar-refractivity contribution >= 4 is 22.7 Å². The first-order valence-electron chi connectivity index (χ1n) is 8.25. The summed E-state index contributed by atoms with van der Waals surface area (Å²) in [5.74, 6) is 0.551. The monoisotopic (exact) mass is 369 g/mol. The molecular weight excluding hydrogens is 350 g/mol. The molecule has 1 amide bonds. The fourth-order valence-corrected chi connectivity index (χ4v) is 2.54. The van der Waals surface area contributed by atoms with Gasteiger partial charge in [-0.25, -0.2) is 9.59 Å². The molecule has 27 heavy (non-hydrogen) atoms. The third-order valence-corrected chi connectivity index (χ3v) is 3.88. The molecule has 0 aliphatic heterocycles. The molecule has 7 heteroatoms. The maximum atomic E-state index is 12.2. The van der Waals surface area contributed by atoms with Gasteiger partial charge in [-0.1, -0.05) is 30.3 Å². The summed E-state index contributed by atoms with van der Waals surface area (Å²) in [5.41, 5.74) is 1.23. The largest absolute Gasteiger partial charge is 0.467 e. The number of carbonyl (C=O) groups excluding carboxylic acids is 1. The van der Waals surface area contributed by atoms with Gasteiger partial charge in [0, 0.05) is 18.1 Å². The first-order valence-corrected chi connectivity index (χ1v) is 8.25. The second-order valence-electron chi connectivity index (χ2n) is 5.79. The molecule has 0 aliphatic carbocycles. The van der Waals surface area contributed by atoms with Crippen molar-refractivity contribution < 1.29 is 23.4 Å². The lowest BCUT2D eigenvalue weighted by atomic mass is 10.1. The predicted octanol–water partition coefficient (Wildman–Crippen LogP) is 3.83. The lowest BCUT2D eigenvalue weighted by Crippen LogP contribution is -2.18. The van der Waals surface area contributed by atoms with E-state index in [9.17, 15) is 9.59 Å². The first-order chi connectivity index (χ1) is 13.1. The molecule has 0 spiro atoms. The molecule has 0 aliphatic rings. The molecule has 2 aromatic carbocycles. The fraction of sp³-hybridized carbons (Fsp3) is 0.200. The number of hydrogen-bond donors (Lipinski definition) is 1. The van der Waals surface area contributed by atoms with Crippen LogP contribution >= 0.6 is 0 Å². The van der Waals surface area contributed by atoms with Gasteiger partial charge in [0.15, 0.2) is 6.79 Å². The van der Waals surface area contributed by atoms with E-state index < -0.39 is 11.7 Å². The van der Waals surface area contributed by atoms with Gasteiger partial charge in [-0.15, -0.1) is 0 Å². The maximum Gasteiger partial charge on any atom is 0.412 e. The molecule has 3 aromatic rings. The molecule has 0 saturated carbocycles. The summed E-state index contributed by atoms with van der Waals surface area (Å²) < 4.78 is 20.8. The first kappa shape index (κ1) is 18.5. The van der Waals surface area contributed by atoms with Crippen molar-refractivity contribution in [1.29, 1.82) is 0 Å². The van der Waals surface area contributed by atoms with E-state index in [1.54, 1.807) is 19.1 Å². The van der Waals surface area contributed by atoms with Crippen molar-refractivity contribution in [2.24, 2.45) is 0 Å². The summed E-state index contributed by atoms with van der Waals surface area (Å²) in [6, 6.07) is 14.3. The topological polar surface area (TPSA) is 87.0 Å². The molecule has 1 aromatic heterocycles. The zero-order chi connectivity index (χ0) is 19.2. The van der Waals surface area contributed by atoms with Gasteiger partial charge in [0.2, 0.25) is 0 Å². The summed E-state index contributed by atoms with van der Waals surface area (Å²) in [5, 5.41) is 3.07. The Bertz CT molecular complexity index is 997. The van der Waals surface area contributed by atoms with Crippen LogP contribution in [-0.2, 0) is 16.1 Å². The minimum absolute atomic E-state index is 0.00511. The normalized spacial score (nSPS) is 10.6. The Labute approximate surface area is 155 Å². The van der Waals surface area contributed by atoms with Crippen molar-refractivity contribution in [3.63, 3.8) is 0 Å². The number of nitrogens with one attached hydrogen (secondary N) is 1. The molecule has 0 unspecified atom stereocenters. The van der Waals surface area contributed by atoms with Gasteiger partial charge in [0.1, 0.15) is 23.6 Å². The Kier molecular flexibility index (Phi) is 5.73. The van der Waals surface area contributed by atoms with Crippen LogP contribution in [0.1, 0.15) is 11.1 Å². The van der Waals surface area contributed by atoms with E-state index in [4.69, 9.17) is 18.6 Å². The Morgan fingerprint density at radius 2 is 1.93 bits per heavy atom. The summed E-state index contributed by atoms with van der Waals surface area (Å²) in [7, 11) is 1.52. The highest BCUT2D eigenvalue weighted by Crippen LogP contribution is 2.27. The number of aryl methyl sites for hydroxylation is 1. The van der Waals surface area contributed by atoms with Crippen LogP contribution in [-0.4, -0.2) is 20.0 Å². The second-order valence-corrected chi connectivity index (χ2v) is 5.79. The van der Waals surface area contributed by atoms with E-state index in [1.165, 1.54) is 13.2 Å². The molecule has 0 bridgehead atoms. The third-order valence-electron chi connectivity index (χ3n) is 3.88. The number of hydrogen-bond acceptors (Lipinski definition) is 6. The Morgan fingerprint density at radius 1 is 1.15 bits per heavy atom. The smallest absolute Gasteiger partial charge is 0.412 e. The molecule has 7 nitrogen and oxygen atoms in total. The van der Waals surface area contributed by atoms with Gasteiger partial charge in [-0.2, -0.15) is 0 Å². The van der Waals surface area contributed by atoms with Crippen LogP contribution in [0.2, 0.25) is 0 Å². The number of carbonyl (C=O) groups is 1. The highest BCUT2D eigenvalue weighted by molar-refractivity contribution is 5.89. The maximum absolute atomic E-state index is 12.2. The summed E-state index contributed by atoms with van der Waals surface area (Å²) in [4.78, 5) is 24.2. The Balaban J connectivity index is 1.76. The van der Waals surface area contributed by atoms with Gasteiger partial charge >= 0.3 is 11.7 Å². The van der Waals surface area contributed by atoms with Crippen LogP contribution in [0.25, 0.3) is 11.0 Å². The van der Waals surface area contributed by atoms with Crippen LogP contribution < -0.4 is 15.7 Å². The van der Waals surface area contributed by atoms with Crippen molar-refractivity contribution in [3.8, 4) is 5.75 Å². The fourth-order valence-electron chi connectivity index (χ4n) is 2.54. The zero-order valence-corrected chi connectivity index (χ0v) is 15.0. The van der Waals surface area contributed by atoms with Crippen molar-refractivity contribution in [1.82, 2.24) is 0 Å². The van der Waals surface area contributed by atoms with E-state index in [0.717, 1.165) is 5.56 Å². The SMILES string of the molecule is COCOc1ccc2cc(NC(=O)OCc3ccccc3)c(=O)oc2c1C. The highest BCUT2D eigenvalue weighted by atomic mass is 16.7. The van der Waals surface area contributed by atoms with Crippen molar-refractivity contribution in [2.45, 2.75) is 13.5 Å². The standard InChI is InChI=1S/C20H19NO6/c1-13-17(26-12-24-2)9-8-15-10-16(19(22)27-18(13)15)21-20(23)25-11-14-6-4-3-5-7-14/h3-10H,11-12H2,1-2H3,(H,21,23). The molecule has 0 radical (unpaired) electrons. The van der Waals surface area contributed by atoms with Gasteiger partial charge < -0.3 is 18.6 Å². The average molecular weight is 369 g/mol. The molecule has 1 N–H and O–H groups in total. The molecule has 140 valence electrons. The quantitative estimate of drug-likeness (QED) is 0.525. The number of rotatable bonds is 6. The molecular formula is C20H19NO6. The van der Waals surface area contributed by atoms with Crippen LogP contribution in [0.3, 0.4) is 0 Å². The lowest BCUT2D eigenvalue weighted by Gasteiger charge is -2.11. The average Bonchev–Trinajstić information content (AvgIpc) is 2.68. The van der Waals surface area contributed by atoms with E-state index in [0.29, 0.717) is 22.3 Å². The number of benzene rings is 2. The van der Waals surface area contributed by atoms with E-state index >= 15 is 0 Å². The Morgan fingerprint density at radius 3 is 2.67 bits per heavy atom. The highest BCUT2D eigenvalue weighted by Gasteiger charge is 2.13. The zero-order valence-electron chi connectivity index (χ0n) is 15.0. The number of ether oxygens (including phenoxy) is 3. The summed E-state index contributed by atoms with van der Waals surface area (Å²) in [6.45, 7) is 1.96. The van der Waals surface area contributed by atoms with Crippen molar-refractivity contribution in [2.75, 3.05) is 19.2 Å². The van der Waals surface area contributed by atoms with E-state index in [-0.39, 0.29) is 19.1 Å². The van der Waals surface area contributed by atoms with E-state index in [1.807, 2.05) is 30.3 Å². The van der Waals surface area contributed by atoms with Crippen LogP contribution in [0, 0.1) is 6.92 Å². The predicted molar refractivity (Wildman–Crippen MR) is 100.0 cm³/mol. The lowest BCUT2D eigenvalue weighted by molar-refractivity contribution is 0.0507. The molecule has 3 rings (SSSR count). The van der Waals surface area contributed by atoms with Gasteiger partial charge in [0.05, 0.1) is 0 Å². The number of anilines is 1. The molecule has 0 atom stereocenters. The third kappa shape index (κ3) is 4.45. The van der Waals surface area contributed by atoms with Gasteiger partial charge in [0.25, 0.3) is 0 Å². The summed E-state index contributed by atoms with van der Waals surface area (Å²) in [6.07, 6.45) is -0.734. The van der Waals surface area contributed by atoms with Crippen molar-refractivity contribution in [3.05, 3.63) is 70.1 Å². The van der Waals surface area contributed by atoms with Gasteiger partial charge in [-0.3, -0.25) is 5.32 Å². The molecule has 0 fully saturated rings. The minimum atomic E-state index is -0.734. The molecule has 1 heterocycles. The number of fused-ring (bicyclic) bond motifs is 1. The summed E-state index contributed by atoms with van der Waals surface area (Å²) >= 11 is 0. The number of amides is 1. The van der Waals surface area contributed by atoms with Crippen LogP contribution in [0.4, 0.5) is 10.5 Å². The van der Waals surface area contributed by atoms with Crippen LogP contribution in [0.5, 0.6) is 5.75 Å². The van der Waals surface area contributed by atoms with Crippen LogP contribution in [0.15, 0.2) is 57.7 Å². The second kappa shape index (κ2) is 8.37. The van der Waals surface area contributed by atoms with E-state index in [2.05, 4.69) is 5.32 Å². The number of methoxy groups -OCH3 is 1.